The molecule has 0 spiro atoms. The summed E-state index contributed by atoms with van der Waals surface area (Å²) in [6.07, 6.45) is 15.6. The first-order valence-corrected chi connectivity index (χ1v) is 11.4. The van der Waals surface area contributed by atoms with Crippen LogP contribution in [0.25, 0.3) is 0 Å². The zero-order chi connectivity index (χ0) is 21.3. The summed E-state index contributed by atoms with van der Waals surface area (Å²) in [7, 11) is 0. The van der Waals surface area contributed by atoms with Gasteiger partial charge in [0.25, 0.3) is 0 Å². The molecule has 0 aromatic heterocycles. The molecule has 0 amide bonds. The van der Waals surface area contributed by atoms with Crippen LogP contribution in [0.2, 0.25) is 0 Å². The first kappa shape index (κ1) is 25.1. The molecule has 0 heterocycles. The number of hydrogen-bond acceptors (Lipinski definition) is 3. The van der Waals surface area contributed by atoms with Crippen LogP contribution in [0.4, 0.5) is 0 Å². The second-order valence-corrected chi connectivity index (χ2v) is 8.23. The lowest BCUT2D eigenvalue weighted by Gasteiger charge is -2.07. The summed E-state index contributed by atoms with van der Waals surface area (Å²) in [6, 6.07) is 10.7. The average molecular weight is 401 g/mol. The largest absolute Gasteiger partial charge is 0.463 e. The number of ether oxygens (including phenoxy) is 1. The highest BCUT2D eigenvalue weighted by molar-refractivity contribution is 5.80. The monoisotopic (exact) mass is 400 g/mol. The van der Waals surface area contributed by atoms with E-state index in [1.165, 1.54) is 37.7 Å². The molecule has 0 saturated heterocycles. The van der Waals surface area contributed by atoms with Gasteiger partial charge in [-0.2, -0.15) is 0 Å². The summed E-state index contributed by atoms with van der Waals surface area (Å²) in [6.45, 7) is 5.71. The van der Waals surface area contributed by atoms with Crippen LogP contribution < -0.4 is 0 Å². The van der Waals surface area contributed by atoms with Crippen molar-refractivity contribution >= 4 is 11.8 Å². The van der Waals surface area contributed by atoms with E-state index in [-0.39, 0.29) is 12.1 Å². The molecular formula is C26H40O3. The van der Waals surface area contributed by atoms with Crippen LogP contribution in [0.1, 0.15) is 90.5 Å². The van der Waals surface area contributed by atoms with Crippen molar-refractivity contribution in [3.05, 3.63) is 48.0 Å². The molecule has 1 unspecified atom stereocenters. The minimum absolute atomic E-state index is 0.0132. The van der Waals surface area contributed by atoms with Crippen molar-refractivity contribution in [2.75, 3.05) is 0 Å². The summed E-state index contributed by atoms with van der Waals surface area (Å²) in [5.74, 6) is 1.10. The number of allylic oxidation sites excluding steroid dienone is 2. The van der Waals surface area contributed by atoms with Crippen LogP contribution >= 0.6 is 0 Å². The third-order valence-electron chi connectivity index (χ3n) is 5.12. The van der Waals surface area contributed by atoms with Gasteiger partial charge in [-0.15, -0.1) is 0 Å². The molecule has 29 heavy (non-hydrogen) atoms. The third kappa shape index (κ3) is 13.8. The molecular weight excluding hydrogens is 360 g/mol. The van der Waals surface area contributed by atoms with Gasteiger partial charge in [-0.05, 0) is 64.4 Å². The lowest BCUT2D eigenvalue weighted by molar-refractivity contribution is -0.147. The number of hydrogen-bond donors (Lipinski definition) is 0. The Labute approximate surface area is 177 Å². The number of benzene rings is 1. The van der Waals surface area contributed by atoms with Crippen LogP contribution in [-0.2, 0) is 20.7 Å². The lowest BCUT2D eigenvalue weighted by atomic mass is 9.98. The SMILES string of the molecule is C/C=C\CCCC(=O)OC(C)C.O=C1CCC(CCCCCc2ccccc2)C1. The van der Waals surface area contributed by atoms with Crippen molar-refractivity contribution in [2.45, 2.75) is 97.5 Å². The van der Waals surface area contributed by atoms with E-state index in [1.807, 2.05) is 26.8 Å². The van der Waals surface area contributed by atoms with Gasteiger partial charge < -0.3 is 4.74 Å². The highest BCUT2D eigenvalue weighted by Gasteiger charge is 2.20. The molecule has 3 nitrogen and oxygen atoms in total. The van der Waals surface area contributed by atoms with Crippen molar-refractivity contribution in [2.24, 2.45) is 5.92 Å². The second kappa shape index (κ2) is 16.0. The maximum Gasteiger partial charge on any atom is 0.306 e. The maximum atomic E-state index is 11.1. The highest BCUT2D eigenvalue weighted by atomic mass is 16.5. The zero-order valence-electron chi connectivity index (χ0n) is 18.7. The van der Waals surface area contributed by atoms with Gasteiger partial charge in [-0.3, -0.25) is 9.59 Å². The fourth-order valence-electron chi connectivity index (χ4n) is 3.57. The number of Topliss-reactive ketones (excluding diaryl/α,β-unsaturated/α-hetero) is 1. The molecule has 1 atom stereocenters. The first-order valence-electron chi connectivity index (χ1n) is 11.4. The molecule has 162 valence electrons. The highest BCUT2D eigenvalue weighted by Crippen LogP contribution is 2.27. The van der Waals surface area contributed by atoms with Crippen molar-refractivity contribution in [3.63, 3.8) is 0 Å². The number of esters is 1. The Morgan fingerprint density at radius 3 is 2.52 bits per heavy atom. The molecule has 1 fully saturated rings. The Hall–Kier alpha value is -1.90. The van der Waals surface area contributed by atoms with Crippen LogP contribution in [0.15, 0.2) is 42.5 Å². The van der Waals surface area contributed by atoms with E-state index in [0.717, 1.165) is 32.1 Å². The Balaban J connectivity index is 0.000000311. The Morgan fingerprint density at radius 1 is 1.14 bits per heavy atom. The van der Waals surface area contributed by atoms with Gasteiger partial charge in [0.2, 0.25) is 0 Å². The minimum Gasteiger partial charge on any atom is -0.463 e. The number of carbonyl (C=O) groups excluding carboxylic acids is 2. The van der Waals surface area contributed by atoms with Crippen molar-refractivity contribution in [1.29, 1.82) is 0 Å². The van der Waals surface area contributed by atoms with Gasteiger partial charge in [0, 0.05) is 19.3 Å². The summed E-state index contributed by atoms with van der Waals surface area (Å²) in [5, 5.41) is 0. The maximum absolute atomic E-state index is 11.1. The average Bonchev–Trinajstić information content (AvgIpc) is 3.11. The van der Waals surface area contributed by atoms with Gasteiger partial charge in [-0.1, -0.05) is 61.7 Å². The number of ketones is 1. The van der Waals surface area contributed by atoms with E-state index < -0.39 is 0 Å². The minimum atomic E-state index is -0.0884. The van der Waals surface area contributed by atoms with E-state index >= 15 is 0 Å². The molecule has 1 saturated carbocycles. The molecule has 2 rings (SSSR count). The van der Waals surface area contributed by atoms with E-state index in [4.69, 9.17) is 4.74 Å². The zero-order valence-corrected chi connectivity index (χ0v) is 18.7. The molecule has 1 aliphatic carbocycles. The van der Waals surface area contributed by atoms with Crippen LogP contribution in [0, 0.1) is 5.92 Å². The van der Waals surface area contributed by atoms with E-state index in [0.29, 0.717) is 18.1 Å². The Bertz CT molecular complexity index is 589. The lowest BCUT2D eigenvalue weighted by Crippen LogP contribution is -2.10. The molecule has 1 aromatic rings. The smallest absolute Gasteiger partial charge is 0.306 e. The fourth-order valence-corrected chi connectivity index (χ4v) is 3.57. The predicted octanol–water partition coefficient (Wildman–Crippen LogP) is 6.84. The van der Waals surface area contributed by atoms with Crippen LogP contribution in [-0.4, -0.2) is 17.9 Å². The van der Waals surface area contributed by atoms with E-state index in [9.17, 15) is 9.59 Å². The molecule has 0 radical (unpaired) electrons. The number of rotatable bonds is 11. The van der Waals surface area contributed by atoms with Gasteiger partial charge >= 0.3 is 5.97 Å². The summed E-state index contributed by atoms with van der Waals surface area (Å²) in [4.78, 5) is 22.1. The van der Waals surface area contributed by atoms with E-state index in [1.54, 1.807) is 0 Å². The molecule has 0 aliphatic heterocycles. The number of aryl methyl sites for hydroxylation is 1. The second-order valence-electron chi connectivity index (χ2n) is 8.23. The molecule has 1 aliphatic rings. The summed E-state index contributed by atoms with van der Waals surface area (Å²) < 4.78 is 4.97. The van der Waals surface area contributed by atoms with Crippen LogP contribution in [0.3, 0.4) is 0 Å². The molecule has 3 heteroatoms. The molecule has 0 N–H and O–H groups in total. The number of unbranched alkanes of at least 4 members (excludes halogenated alkanes) is 3. The normalized spacial score (nSPS) is 16.1. The first-order chi connectivity index (χ1) is 14.0. The van der Waals surface area contributed by atoms with Crippen LogP contribution in [0.5, 0.6) is 0 Å². The quantitative estimate of drug-likeness (QED) is 0.232. The molecule has 1 aromatic carbocycles. The number of carbonyl (C=O) groups is 2. The van der Waals surface area contributed by atoms with Gasteiger partial charge in [-0.25, -0.2) is 0 Å². The Kier molecular flexibility index (Phi) is 13.8. The van der Waals surface area contributed by atoms with Gasteiger partial charge in [0.1, 0.15) is 5.78 Å². The topological polar surface area (TPSA) is 43.4 Å². The standard InChI is InChI=1S/C16H22O.C10H18O2/c17-16-12-11-15(13-16)10-6-2-5-9-14-7-3-1-4-8-14;1-4-5-6-7-8-10(11)12-9(2)3/h1,3-4,7-8,15H,2,5-6,9-13H2;4-5,9H,6-8H2,1-3H3/b;5-4-. The van der Waals surface area contributed by atoms with Gasteiger partial charge in [0.05, 0.1) is 6.10 Å². The predicted molar refractivity (Wildman–Crippen MR) is 121 cm³/mol. The Morgan fingerprint density at radius 2 is 1.90 bits per heavy atom. The fraction of sp³-hybridized carbons (Fsp3) is 0.615. The third-order valence-corrected chi connectivity index (χ3v) is 5.12. The van der Waals surface area contributed by atoms with E-state index in [2.05, 4.69) is 36.4 Å². The molecule has 0 bridgehead atoms. The van der Waals surface area contributed by atoms with Crippen molar-refractivity contribution in [3.8, 4) is 0 Å². The van der Waals surface area contributed by atoms with Gasteiger partial charge in [0.15, 0.2) is 0 Å². The summed E-state index contributed by atoms with van der Waals surface area (Å²) >= 11 is 0. The van der Waals surface area contributed by atoms with Crippen molar-refractivity contribution in [1.82, 2.24) is 0 Å². The summed E-state index contributed by atoms with van der Waals surface area (Å²) in [5.41, 5.74) is 1.45. The van der Waals surface area contributed by atoms with Crippen molar-refractivity contribution < 1.29 is 14.3 Å².